The van der Waals surface area contributed by atoms with Gasteiger partial charge in [0, 0.05) is 28.1 Å². The maximum atomic E-state index is 12.1. The molecule has 21 heavy (non-hydrogen) atoms. The standard InChI is InChI=1S/C13H21I2N3O3/c1-2-3-11(19)16-8-17(12(20)4-6-14)10-18(9-16)13(21)5-7-15/h2-10H2,1H3. The Morgan fingerprint density at radius 1 is 0.762 bits per heavy atom. The molecule has 0 radical (unpaired) electrons. The van der Waals surface area contributed by atoms with E-state index in [0.717, 1.165) is 15.3 Å². The molecule has 8 heteroatoms. The Morgan fingerprint density at radius 2 is 1.10 bits per heavy atom. The van der Waals surface area contributed by atoms with Gasteiger partial charge < -0.3 is 14.7 Å². The third-order valence-corrected chi connectivity index (χ3v) is 4.24. The van der Waals surface area contributed by atoms with Crippen LogP contribution in [0.4, 0.5) is 0 Å². The molecule has 6 nitrogen and oxygen atoms in total. The summed E-state index contributed by atoms with van der Waals surface area (Å²) in [4.78, 5) is 41.1. The summed E-state index contributed by atoms with van der Waals surface area (Å²) in [5.41, 5.74) is 0. The molecule has 0 aliphatic carbocycles. The van der Waals surface area contributed by atoms with Gasteiger partial charge in [0.2, 0.25) is 17.7 Å². The van der Waals surface area contributed by atoms with E-state index < -0.39 is 0 Å². The SMILES string of the molecule is CCCC(=O)N1CN(C(=O)CCI)CN(C(=O)CCI)C1. The molecular weight excluding hydrogens is 500 g/mol. The highest BCUT2D eigenvalue weighted by atomic mass is 127. The van der Waals surface area contributed by atoms with Crippen LogP contribution >= 0.6 is 45.2 Å². The molecule has 0 saturated carbocycles. The van der Waals surface area contributed by atoms with Gasteiger partial charge in [-0.05, 0) is 6.42 Å². The summed E-state index contributed by atoms with van der Waals surface area (Å²) in [6.07, 6.45) is 2.08. The summed E-state index contributed by atoms with van der Waals surface area (Å²) in [6.45, 7) is 2.82. The summed E-state index contributed by atoms with van der Waals surface area (Å²) >= 11 is 4.31. The molecule has 0 atom stereocenters. The van der Waals surface area contributed by atoms with Crippen molar-refractivity contribution in [2.75, 3.05) is 28.9 Å². The topological polar surface area (TPSA) is 60.9 Å². The molecule has 120 valence electrons. The average Bonchev–Trinajstić information content (AvgIpc) is 2.47. The van der Waals surface area contributed by atoms with Crippen LogP contribution in [0.2, 0.25) is 0 Å². The van der Waals surface area contributed by atoms with Gasteiger partial charge >= 0.3 is 0 Å². The Balaban J connectivity index is 2.79. The summed E-state index contributed by atoms with van der Waals surface area (Å²) in [5.74, 6) is -0.0203. The quantitative estimate of drug-likeness (QED) is 0.396. The van der Waals surface area contributed by atoms with Gasteiger partial charge in [-0.2, -0.15) is 0 Å². The van der Waals surface area contributed by atoms with Gasteiger partial charge in [0.1, 0.15) is 0 Å². The molecule has 0 unspecified atom stereocenters. The minimum absolute atomic E-state index is 0.00301. The van der Waals surface area contributed by atoms with E-state index in [2.05, 4.69) is 45.2 Å². The molecule has 0 N–H and O–H groups in total. The lowest BCUT2D eigenvalue weighted by Gasteiger charge is -2.42. The highest BCUT2D eigenvalue weighted by Crippen LogP contribution is 2.13. The first-order valence-corrected chi connectivity index (χ1v) is 10.0. The van der Waals surface area contributed by atoms with E-state index in [1.807, 2.05) is 6.92 Å². The lowest BCUT2D eigenvalue weighted by molar-refractivity contribution is -0.158. The zero-order valence-corrected chi connectivity index (χ0v) is 16.5. The fourth-order valence-corrected chi connectivity index (χ4v) is 3.00. The van der Waals surface area contributed by atoms with Crippen molar-refractivity contribution in [2.24, 2.45) is 0 Å². The smallest absolute Gasteiger partial charge is 0.226 e. The highest BCUT2D eigenvalue weighted by Gasteiger charge is 2.30. The van der Waals surface area contributed by atoms with Crippen LogP contribution in [0.1, 0.15) is 32.6 Å². The van der Waals surface area contributed by atoms with Crippen LogP contribution in [0.5, 0.6) is 0 Å². The fraction of sp³-hybridized carbons (Fsp3) is 0.769. The first-order valence-electron chi connectivity index (χ1n) is 6.98. The minimum Gasteiger partial charge on any atom is -0.307 e. The Kier molecular flexibility index (Phi) is 8.83. The van der Waals surface area contributed by atoms with E-state index in [-0.39, 0.29) is 17.7 Å². The van der Waals surface area contributed by atoms with Gasteiger partial charge in [-0.25, -0.2) is 0 Å². The van der Waals surface area contributed by atoms with Crippen molar-refractivity contribution in [1.82, 2.24) is 14.7 Å². The van der Waals surface area contributed by atoms with Gasteiger partial charge in [-0.15, -0.1) is 0 Å². The van der Waals surface area contributed by atoms with Crippen molar-refractivity contribution in [3.8, 4) is 0 Å². The molecule has 1 rings (SSSR count). The molecule has 1 heterocycles. The summed E-state index contributed by atoms with van der Waals surface area (Å²) in [5, 5.41) is 0. The zero-order chi connectivity index (χ0) is 15.8. The number of amides is 3. The number of hydrogen-bond acceptors (Lipinski definition) is 3. The van der Waals surface area contributed by atoms with E-state index >= 15 is 0 Å². The van der Waals surface area contributed by atoms with Gasteiger partial charge in [0.15, 0.2) is 0 Å². The number of nitrogens with zero attached hydrogens (tertiary/aromatic N) is 3. The van der Waals surface area contributed by atoms with E-state index in [0.29, 0.717) is 39.3 Å². The van der Waals surface area contributed by atoms with E-state index in [1.165, 1.54) is 0 Å². The summed E-state index contributed by atoms with van der Waals surface area (Å²) in [6, 6.07) is 0. The zero-order valence-electron chi connectivity index (χ0n) is 12.2. The molecule has 0 aromatic rings. The first-order chi connectivity index (χ1) is 10.0. The third kappa shape index (κ3) is 5.87. The van der Waals surface area contributed by atoms with E-state index in [1.54, 1.807) is 14.7 Å². The fourth-order valence-electron chi connectivity index (χ4n) is 2.08. The normalized spacial score (nSPS) is 15.3. The predicted octanol–water partition coefficient (Wildman–Crippen LogP) is 1.81. The minimum atomic E-state index is -0.00864. The maximum absolute atomic E-state index is 12.1. The van der Waals surface area contributed by atoms with Crippen LogP contribution in [-0.2, 0) is 14.4 Å². The van der Waals surface area contributed by atoms with Crippen molar-refractivity contribution in [2.45, 2.75) is 32.6 Å². The Hall–Kier alpha value is -0.130. The molecule has 3 amide bonds. The lowest BCUT2D eigenvalue weighted by Crippen LogP contribution is -2.59. The molecule has 1 saturated heterocycles. The molecule has 1 fully saturated rings. The van der Waals surface area contributed by atoms with Crippen molar-refractivity contribution in [3.63, 3.8) is 0 Å². The number of halogens is 2. The van der Waals surface area contributed by atoms with E-state index in [9.17, 15) is 14.4 Å². The van der Waals surface area contributed by atoms with Crippen molar-refractivity contribution in [1.29, 1.82) is 0 Å². The number of carbonyl (C=O) groups excluding carboxylic acids is 3. The second-order valence-corrected chi connectivity index (χ2v) is 7.01. The lowest BCUT2D eigenvalue weighted by atomic mass is 10.3. The van der Waals surface area contributed by atoms with Crippen molar-refractivity contribution >= 4 is 62.9 Å². The molecule has 1 aliphatic heterocycles. The number of rotatable bonds is 6. The van der Waals surface area contributed by atoms with Gasteiger partial charge in [0.25, 0.3) is 0 Å². The highest BCUT2D eigenvalue weighted by molar-refractivity contribution is 14.1. The molecule has 1 aliphatic rings. The molecule has 0 bridgehead atoms. The Labute approximate surface area is 152 Å². The molecule has 0 spiro atoms. The maximum Gasteiger partial charge on any atom is 0.226 e. The third-order valence-electron chi connectivity index (χ3n) is 3.16. The Bertz CT molecular complexity index is 330. The second kappa shape index (κ2) is 9.80. The van der Waals surface area contributed by atoms with Crippen molar-refractivity contribution < 1.29 is 14.4 Å². The molecule has 0 aromatic heterocycles. The van der Waals surface area contributed by atoms with Crippen LogP contribution in [0, 0.1) is 0 Å². The molecule has 0 aromatic carbocycles. The monoisotopic (exact) mass is 521 g/mol. The molecular formula is C13H21I2N3O3. The van der Waals surface area contributed by atoms with Crippen LogP contribution in [-0.4, -0.2) is 61.3 Å². The van der Waals surface area contributed by atoms with Crippen LogP contribution in [0.15, 0.2) is 0 Å². The van der Waals surface area contributed by atoms with Crippen LogP contribution < -0.4 is 0 Å². The van der Waals surface area contributed by atoms with Crippen LogP contribution in [0.3, 0.4) is 0 Å². The van der Waals surface area contributed by atoms with Gasteiger partial charge in [0.05, 0.1) is 20.0 Å². The second-order valence-electron chi connectivity index (χ2n) is 4.85. The van der Waals surface area contributed by atoms with Crippen LogP contribution in [0.25, 0.3) is 0 Å². The first kappa shape index (κ1) is 18.9. The summed E-state index contributed by atoms with van der Waals surface area (Å²) in [7, 11) is 0. The largest absolute Gasteiger partial charge is 0.307 e. The summed E-state index contributed by atoms with van der Waals surface area (Å²) < 4.78 is 1.47. The Morgan fingerprint density at radius 3 is 1.38 bits per heavy atom. The predicted molar refractivity (Wildman–Crippen MR) is 97.1 cm³/mol. The number of carbonyl (C=O) groups is 3. The van der Waals surface area contributed by atoms with Gasteiger partial charge in [-0.3, -0.25) is 14.4 Å². The number of hydrogen-bond donors (Lipinski definition) is 0. The number of alkyl halides is 2. The van der Waals surface area contributed by atoms with Crippen molar-refractivity contribution in [3.05, 3.63) is 0 Å². The van der Waals surface area contributed by atoms with Gasteiger partial charge in [-0.1, -0.05) is 52.1 Å². The van der Waals surface area contributed by atoms with E-state index in [4.69, 9.17) is 0 Å². The average molecular weight is 521 g/mol.